The summed E-state index contributed by atoms with van der Waals surface area (Å²) in [5.74, 6) is 0. The van der Waals surface area contributed by atoms with Gasteiger partial charge in [0.15, 0.2) is 0 Å². The Bertz CT molecular complexity index is 191. The highest BCUT2D eigenvalue weighted by molar-refractivity contribution is 4.90. The largest absolute Gasteiger partial charge is 0.354 e. The van der Waals surface area contributed by atoms with Crippen molar-refractivity contribution in [2.45, 2.75) is 33.7 Å². The number of aryl methyl sites for hydroxylation is 1. The molecule has 0 N–H and O–H groups in total. The molecular formula is C10H17N. The second-order valence-corrected chi connectivity index (χ2v) is 4.23. The van der Waals surface area contributed by atoms with Crippen molar-refractivity contribution >= 4 is 0 Å². The van der Waals surface area contributed by atoms with Crippen LogP contribution in [0.15, 0.2) is 24.5 Å². The third-order valence-electron chi connectivity index (χ3n) is 1.79. The van der Waals surface area contributed by atoms with Gasteiger partial charge < -0.3 is 4.57 Å². The maximum atomic E-state index is 2.27. The number of hydrogen-bond acceptors (Lipinski definition) is 0. The highest BCUT2D eigenvalue weighted by Gasteiger charge is 2.08. The molecule has 0 unspecified atom stereocenters. The van der Waals surface area contributed by atoms with Crippen molar-refractivity contribution in [3.8, 4) is 0 Å². The van der Waals surface area contributed by atoms with Crippen molar-refractivity contribution in [1.82, 2.24) is 4.57 Å². The van der Waals surface area contributed by atoms with E-state index < -0.39 is 0 Å². The quantitative estimate of drug-likeness (QED) is 0.612. The predicted octanol–water partition coefficient (Wildman–Crippen LogP) is 2.92. The lowest BCUT2D eigenvalue weighted by molar-refractivity contribution is 0.350. The molecule has 0 fully saturated rings. The summed E-state index contributed by atoms with van der Waals surface area (Å²) in [6, 6.07) is 4.14. The summed E-state index contributed by atoms with van der Waals surface area (Å²) in [7, 11) is 0. The van der Waals surface area contributed by atoms with E-state index in [-0.39, 0.29) is 0 Å². The first kappa shape index (κ1) is 8.38. The predicted molar refractivity (Wildman–Crippen MR) is 48.5 cm³/mol. The van der Waals surface area contributed by atoms with Gasteiger partial charge in [0.2, 0.25) is 0 Å². The minimum atomic E-state index is 0.449. The summed E-state index contributed by atoms with van der Waals surface area (Å²) in [6.45, 7) is 7.96. The molecule has 1 heteroatoms. The molecular weight excluding hydrogens is 134 g/mol. The average Bonchev–Trinajstić information content (AvgIpc) is 2.32. The molecule has 1 nitrogen and oxygen atoms in total. The molecule has 0 saturated heterocycles. The van der Waals surface area contributed by atoms with Crippen LogP contribution in [0, 0.1) is 5.41 Å². The summed E-state index contributed by atoms with van der Waals surface area (Å²) in [6.07, 6.45) is 5.47. The second kappa shape index (κ2) is 3.12. The van der Waals surface area contributed by atoms with Crippen molar-refractivity contribution in [3.05, 3.63) is 24.5 Å². The summed E-state index contributed by atoms with van der Waals surface area (Å²) in [5.41, 5.74) is 0.449. The first-order chi connectivity index (χ1) is 5.08. The van der Waals surface area contributed by atoms with Crippen LogP contribution in [-0.2, 0) is 6.54 Å². The lowest BCUT2D eigenvalue weighted by Gasteiger charge is -2.17. The molecule has 0 aliphatic heterocycles. The van der Waals surface area contributed by atoms with Gasteiger partial charge in [0, 0.05) is 18.9 Å². The van der Waals surface area contributed by atoms with Gasteiger partial charge in [-0.05, 0) is 24.0 Å². The molecule has 0 bridgehead atoms. The average molecular weight is 151 g/mol. The zero-order valence-electron chi connectivity index (χ0n) is 7.67. The Kier molecular flexibility index (Phi) is 2.38. The van der Waals surface area contributed by atoms with Crippen molar-refractivity contribution in [2.24, 2.45) is 5.41 Å². The fraction of sp³-hybridized carbons (Fsp3) is 0.600. The lowest BCUT2D eigenvalue weighted by atomic mass is 9.92. The van der Waals surface area contributed by atoms with Crippen LogP contribution >= 0.6 is 0 Å². The van der Waals surface area contributed by atoms with Crippen LogP contribution in [0.4, 0.5) is 0 Å². The van der Waals surface area contributed by atoms with E-state index >= 15 is 0 Å². The topological polar surface area (TPSA) is 4.93 Å². The molecule has 0 amide bonds. The van der Waals surface area contributed by atoms with Crippen LogP contribution in [0.3, 0.4) is 0 Å². The number of nitrogens with zero attached hydrogens (tertiary/aromatic N) is 1. The van der Waals surface area contributed by atoms with Crippen LogP contribution in [0.2, 0.25) is 0 Å². The summed E-state index contributed by atoms with van der Waals surface area (Å²) in [4.78, 5) is 0. The fourth-order valence-electron chi connectivity index (χ4n) is 0.984. The van der Waals surface area contributed by atoms with Crippen LogP contribution in [0.1, 0.15) is 27.2 Å². The van der Waals surface area contributed by atoms with Crippen molar-refractivity contribution in [1.29, 1.82) is 0 Å². The highest BCUT2D eigenvalue weighted by atomic mass is 14.9. The summed E-state index contributed by atoms with van der Waals surface area (Å²) in [5, 5.41) is 0. The second-order valence-electron chi connectivity index (χ2n) is 4.23. The van der Waals surface area contributed by atoms with Crippen LogP contribution < -0.4 is 0 Å². The minimum Gasteiger partial charge on any atom is -0.354 e. The summed E-state index contributed by atoms with van der Waals surface area (Å²) >= 11 is 0. The molecule has 0 spiro atoms. The third kappa shape index (κ3) is 3.26. The number of rotatable bonds is 2. The van der Waals surface area contributed by atoms with Gasteiger partial charge in [-0.2, -0.15) is 0 Å². The third-order valence-corrected chi connectivity index (χ3v) is 1.79. The van der Waals surface area contributed by atoms with Gasteiger partial charge in [0.25, 0.3) is 0 Å². The Morgan fingerprint density at radius 2 is 1.64 bits per heavy atom. The van der Waals surface area contributed by atoms with Crippen molar-refractivity contribution < 1.29 is 0 Å². The minimum absolute atomic E-state index is 0.449. The maximum Gasteiger partial charge on any atom is 0.0224 e. The van der Waals surface area contributed by atoms with E-state index in [4.69, 9.17) is 0 Å². The molecule has 11 heavy (non-hydrogen) atoms. The van der Waals surface area contributed by atoms with E-state index in [1.54, 1.807) is 0 Å². The van der Waals surface area contributed by atoms with Gasteiger partial charge in [-0.15, -0.1) is 0 Å². The summed E-state index contributed by atoms with van der Waals surface area (Å²) < 4.78 is 2.23. The smallest absolute Gasteiger partial charge is 0.0224 e. The van der Waals surface area contributed by atoms with Gasteiger partial charge in [0.1, 0.15) is 0 Å². The van der Waals surface area contributed by atoms with E-state index in [9.17, 15) is 0 Å². The molecule has 62 valence electrons. The number of aromatic nitrogens is 1. The molecule has 0 aromatic carbocycles. The Morgan fingerprint density at radius 1 is 1.09 bits per heavy atom. The Labute approximate surface area is 69.0 Å². The van der Waals surface area contributed by atoms with Crippen molar-refractivity contribution in [3.63, 3.8) is 0 Å². The van der Waals surface area contributed by atoms with E-state index in [0.29, 0.717) is 5.41 Å². The Hall–Kier alpha value is -0.720. The zero-order valence-corrected chi connectivity index (χ0v) is 7.67. The monoisotopic (exact) mass is 151 g/mol. The van der Waals surface area contributed by atoms with E-state index in [1.165, 1.54) is 6.42 Å². The Balaban J connectivity index is 2.35. The number of hydrogen-bond donors (Lipinski definition) is 0. The molecule has 0 aliphatic carbocycles. The maximum absolute atomic E-state index is 2.27. The molecule has 1 rings (SSSR count). The lowest BCUT2D eigenvalue weighted by Crippen LogP contribution is -2.09. The van der Waals surface area contributed by atoms with Gasteiger partial charge in [-0.1, -0.05) is 20.8 Å². The van der Waals surface area contributed by atoms with Crippen LogP contribution in [-0.4, -0.2) is 4.57 Å². The van der Waals surface area contributed by atoms with E-state index in [1.807, 2.05) is 0 Å². The van der Waals surface area contributed by atoms with Gasteiger partial charge in [-0.3, -0.25) is 0 Å². The van der Waals surface area contributed by atoms with Gasteiger partial charge in [-0.25, -0.2) is 0 Å². The first-order valence-electron chi connectivity index (χ1n) is 4.19. The van der Waals surface area contributed by atoms with E-state index in [0.717, 1.165) is 6.54 Å². The molecule has 0 atom stereocenters. The standard InChI is InChI=1S/C10H17N/c1-10(2,3)6-9-11-7-4-5-8-11/h4-5,7-8H,6,9H2,1-3H3. The van der Waals surface area contributed by atoms with Gasteiger partial charge in [0.05, 0.1) is 0 Å². The molecule has 1 heterocycles. The van der Waals surface area contributed by atoms with E-state index in [2.05, 4.69) is 49.9 Å². The SMILES string of the molecule is CC(C)(C)CCn1cccc1. The molecule has 1 aromatic rings. The Morgan fingerprint density at radius 3 is 2.09 bits per heavy atom. The van der Waals surface area contributed by atoms with Crippen molar-refractivity contribution in [2.75, 3.05) is 0 Å². The van der Waals surface area contributed by atoms with Crippen LogP contribution in [0.5, 0.6) is 0 Å². The molecule has 0 radical (unpaired) electrons. The van der Waals surface area contributed by atoms with Gasteiger partial charge >= 0.3 is 0 Å². The fourth-order valence-corrected chi connectivity index (χ4v) is 0.984. The highest BCUT2D eigenvalue weighted by Crippen LogP contribution is 2.19. The normalized spacial score (nSPS) is 11.9. The molecule has 0 saturated carbocycles. The zero-order chi connectivity index (χ0) is 8.32. The van der Waals surface area contributed by atoms with Crippen LogP contribution in [0.25, 0.3) is 0 Å². The molecule has 0 aliphatic rings. The molecule has 1 aromatic heterocycles. The first-order valence-corrected chi connectivity index (χ1v) is 4.19.